The summed E-state index contributed by atoms with van der Waals surface area (Å²) in [6.07, 6.45) is 1.58. The van der Waals surface area contributed by atoms with E-state index in [2.05, 4.69) is 0 Å². The third-order valence-corrected chi connectivity index (χ3v) is 5.48. The van der Waals surface area contributed by atoms with Crippen LogP contribution in [-0.4, -0.2) is 57.7 Å². The number of carbonyl (C=O) groups is 4. The van der Waals surface area contributed by atoms with E-state index >= 15 is 0 Å². The highest BCUT2D eigenvalue weighted by atomic mass is 16.4. The number of imide groups is 1. The number of likely N-dealkylation sites (tertiary alicyclic amines) is 1. The molecule has 0 spiro atoms. The summed E-state index contributed by atoms with van der Waals surface area (Å²) >= 11 is 0. The second-order valence-corrected chi connectivity index (χ2v) is 7.25. The average Bonchev–Trinajstić information content (AvgIpc) is 3.31. The molecule has 4 rings (SSSR count). The van der Waals surface area contributed by atoms with Crippen LogP contribution < -0.4 is 0 Å². The number of amides is 3. The van der Waals surface area contributed by atoms with Gasteiger partial charge in [-0.2, -0.15) is 0 Å². The number of fused-ring (bicyclic) bond motifs is 1. The summed E-state index contributed by atoms with van der Waals surface area (Å²) in [6.45, 7) is 0.621. The maximum Gasteiger partial charge on any atom is 0.326 e. The summed E-state index contributed by atoms with van der Waals surface area (Å²) in [5, 5.41) is 9.30. The molecular weight excluding hydrogens is 372 g/mol. The number of aliphatic carboxylic acids is 1. The third-order valence-electron chi connectivity index (χ3n) is 5.48. The first-order valence-corrected chi connectivity index (χ1v) is 9.55. The molecule has 0 saturated carbocycles. The predicted molar refractivity (Wildman–Crippen MR) is 104 cm³/mol. The highest BCUT2D eigenvalue weighted by molar-refractivity contribution is 6.22. The molecule has 1 fully saturated rings. The van der Waals surface area contributed by atoms with Crippen LogP contribution in [0.5, 0.6) is 0 Å². The summed E-state index contributed by atoms with van der Waals surface area (Å²) in [5.74, 6) is -2.26. The molecule has 7 heteroatoms. The Bertz CT molecular complexity index is 1000. The molecule has 3 amide bonds. The monoisotopic (exact) mass is 392 g/mol. The Hall–Kier alpha value is -3.48. The Balaban J connectivity index is 1.54. The molecule has 0 radical (unpaired) electrons. The van der Waals surface area contributed by atoms with Crippen molar-refractivity contribution in [2.75, 3.05) is 13.1 Å². The van der Waals surface area contributed by atoms with Gasteiger partial charge in [0.2, 0.25) is 0 Å². The summed E-state index contributed by atoms with van der Waals surface area (Å²) in [4.78, 5) is 52.1. The normalized spacial score (nSPS) is 18.3. The number of nitrogens with zero attached hydrogens (tertiary/aromatic N) is 2. The summed E-state index contributed by atoms with van der Waals surface area (Å²) < 4.78 is 0. The van der Waals surface area contributed by atoms with E-state index < -0.39 is 23.8 Å². The van der Waals surface area contributed by atoms with Crippen LogP contribution in [0.2, 0.25) is 0 Å². The van der Waals surface area contributed by atoms with Crippen LogP contribution in [0, 0.1) is 0 Å². The van der Waals surface area contributed by atoms with Gasteiger partial charge < -0.3 is 10.0 Å². The number of carboxylic acids is 1. The zero-order valence-corrected chi connectivity index (χ0v) is 15.7. The topological polar surface area (TPSA) is 95.0 Å². The van der Waals surface area contributed by atoms with Crippen LogP contribution in [0.25, 0.3) is 0 Å². The second kappa shape index (κ2) is 7.50. The Labute approximate surface area is 167 Å². The number of hydrogen-bond donors (Lipinski definition) is 1. The molecule has 1 saturated heterocycles. The molecule has 0 aliphatic carbocycles. The highest BCUT2D eigenvalue weighted by Gasteiger charge is 2.38. The van der Waals surface area contributed by atoms with Gasteiger partial charge in [-0.1, -0.05) is 30.3 Å². The van der Waals surface area contributed by atoms with E-state index in [-0.39, 0.29) is 29.1 Å². The van der Waals surface area contributed by atoms with Crippen molar-refractivity contribution >= 4 is 23.7 Å². The molecule has 2 heterocycles. The maximum absolute atomic E-state index is 12.8. The first-order chi connectivity index (χ1) is 14.0. The smallest absolute Gasteiger partial charge is 0.326 e. The van der Waals surface area contributed by atoms with Gasteiger partial charge in [0, 0.05) is 18.7 Å². The molecule has 2 aromatic carbocycles. The minimum Gasteiger partial charge on any atom is -0.480 e. The van der Waals surface area contributed by atoms with Gasteiger partial charge in [-0.3, -0.25) is 19.3 Å². The summed E-state index contributed by atoms with van der Waals surface area (Å²) in [6, 6.07) is 13.1. The fraction of sp³-hybridized carbons (Fsp3) is 0.273. The van der Waals surface area contributed by atoms with E-state index in [4.69, 9.17) is 0 Å². The van der Waals surface area contributed by atoms with E-state index in [0.29, 0.717) is 25.8 Å². The Morgan fingerprint density at radius 3 is 2.45 bits per heavy atom. The maximum atomic E-state index is 12.8. The lowest BCUT2D eigenvalue weighted by Gasteiger charge is -2.21. The van der Waals surface area contributed by atoms with Crippen LogP contribution in [0.1, 0.15) is 49.5 Å². The van der Waals surface area contributed by atoms with Crippen molar-refractivity contribution in [1.82, 2.24) is 9.80 Å². The van der Waals surface area contributed by atoms with Gasteiger partial charge in [0.1, 0.15) is 6.04 Å². The SMILES string of the molecule is O=C(O)[C@@H]1CCCN1C(=O)c1ccc2c(c1)C(=O)N(CCc1ccccc1)C2=O. The average molecular weight is 392 g/mol. The quantitative estimate of drug-likeness (QED) is 0.788. The lowest BCUT2D eigenvalue weighted by atomic mass is 10.0. The first-order valence-electron chi connectivity index (χ1n) is 9.55. The predicted octanol–water partition coefficient (Wildman–Crippen LogP) is 2.21. The van der Waals surface area contributed by atoms with Crippen molar-refractivity contribution in [2.45, 2.75) is 25.3 Å². The van der Waals surface area contributed by atoms with Crippen LogP contribution in [0.15, 0.2) is 48.5 Å². The molecule has 1 atom stereocenters. The Morgan fingerprint density at radius 2 is 1.72 bits per heavy atom. The standard InChI is InChI=1S/C22H20N2O5/c25-19(23-11-4-7-18(23)22(28)29)15-8-9-16-17(13-15)21(27)24(20(16)26)12-10-14-5-2-1-3-6-14/h1-3,5-6,8-9,13,18H,4,7,10-12H2,(H,28,29)/t18-/m0/s1. The first kappa shape index (κ1) is 18.9. The van der Waals surface area contributed by atoms with Crippen LogP contribution in [0.3, 0.4) is 0 Å². The number of rotatable bonds is 5. The highest BCUT2D eigenvalue weighted by Crippen LogP contribution is 2.26. The fourth-order valence-corrected chi connectivity index (χ4v) is 3.94. The van der Waals surface area contributed by atoms with Gasteiger partial charge in [-0.15, -0.1) is 0 Å². The van der Waals surface area contributed by atoms with Crippen molar-refractivity contribution in [3.63, 3.8) is 0 Å². The molecule has 2 aliphatic rings. The molecule has 2 aliphatic heterocycles. The Morgan fingerprint density at radius 1 is 1.00 bits per heavy atom. The van der Waals surface area contributed by atoms with Crippen molar-refractivity contribution in [1.29, 1.82) is 0 Å². The minimum atomic E-state index is -1.03. The van der Waals surface area contributed by atoms with Crippen molar-refractivity contribution < 1.29 is 24.3 Å². The van der Waals surface area contributed by atoms with E-state index in [1.165, 1.54) is 28.0 Å². The second-order valence-electron chi connectivity index (χ2n) is 7.25. The zero-order valence-electron chi connectivity index (χ0n) is 15.7. The molecule has 1 N–H and O–H groups in total. The van der Waals surface area contributed by atoms with Gasteiger partial charge in [-0.25, -0.2) is 4.79 Å². The van der Waals surface area contributed by atoms with Crippen LogP contribution in [-0.2, 0) is 11.2 Å². The van der Waals surface area contributed by atoms with Gasteiger partial charge in [0.05, 0.1) is 11.1 Å². The molecular formula is C22H20N2O5. The molecule has 7 nitrogen and oxygen atoms in total. The van der Waals surface area contributed by atoms with Crippen molar-refractivity contribution in [3.8, 4) is 0 Å². The third kappa shape index (κ3) is 3.40. The van der Waals surface area contributed by atoms with Crippen LogP contribution in [0.4, 0.5) is 0 Å². The number of carboxylic acid groups (broad SMARTS) is 1. The summed E-state index contributed by atoms with van der Waals surface area (Å²) in [7, 11) is 0. The van der Waals surface area contributed by atoms with E-state index in [9.17, 15) is 24.3 Å². The van der Waals surface area contributed by atoms with Crippen molar-refractivity contribution in [2.24, 2.45) is 0 Å². The molecule has 148 valence electrons. The largest absolute Gasteiger partial charge is 0.480 e. The number of carbonyl (C=O) groups excluding carboxylic acids is 3. The molecule has 0 bridgehead atoms. The Kier molecular flexibility index (Phi) is 4.88. The van der Waals surface area contributed by atoms with Gasteiger partial charge in [-0.05, 0) is 43.0 Å². The van der Waals surface area contributed by atoms with Gasteiger partial charge >= 0.3 is 5.97 Å². The van der Waals surface area contributed by atoms with Crippen LogP contribution >= 0.6 is 0 Å². The van der Waals surface area contributed by atoms with E-state index in [1.54, 1.807) is 0 Å². The lowest BCUT2D eigenvalue weighted by Crippen LogP contribution is -2.40. The fourth-order valence-electron chi connectivity index (χ4n) is 3.94. The summed E-state index contributed by atoms with van der Waals surface area (Å²) in [5.41, 5.74) is 1.72. The molecule has 0 aromatic heterocycles. The van der Waals surface area contributed by atoms with E-state index in [1.807, 2.05) is 30.3 Å². The number of benzene rings is 2. The zero-order chi connectivity index (χ0) is 20.5. The minimum absolute atomic E-state index is 0.194. The number of hydrogen-bond acceptors (Lipinski definition) is 4. The van der Waals surface area contributed by atoms with Gasteiger partial charge in [0.25, 0.3) is 17.7 Å². The molecule has 2 aromatic rings. The molecule has 29 heavy (non-hydrogen) atoms. The lowest BCUT2D eigenvalue weighted by molar-refractivity contribution is -0.141. The molecule has 0 unspecified atom stereocenters. The van der Waals surface area contributed by atoms with Gasteiger partial charge in [0.15, 0.2) is 0 Å². The van der Waals surface area contributed by atoms with Crippen molar-refractivity contribution in [3.05, 3.63) is 70.8 Å². The van der Waals surface area contributed by atoms with E-state index in [0.717, 1.165) is 5.56 Å².